The summed E-state index contributed by atoms with van der Waals surface area (Å²) in [7, 11) is 0. The van der Waals surface area contributed by atoms with Crippen molar-refractivity contribution in [2.75, 3.05) is 0 Å². The quantitative estimate of drug-likeness (QED) is 0.710. The number of hydrogen-bond acceptors (Lipinski definition) is 1. The largest absolute Gasteiger partial charge is 0.325 e. The van der Waals surface area contributed by atoms with Gasteiger partial charge in [0.15, 0.2) is 0 Å². The molecule has 92 valence electrons. The smallest absolute Gasteiger partial charge is 0.255 e. The van der Waals surface area contributed by atoms with Crippen LogP contribution in [0.1, 0.15) is 50.5 Å². The summed E-state index contributed by atoms with van der Waals surface area (Å²) in [5.41, 5.74) is 1.50. The molecule has 0 aliphatic carbocycles. The van der Waals surface area contributed by atoms with Gasteiger partial charge in [0.1, 0.15) is 0 Å². The number of rotatable bonds is 0. The standard InChI is InChI=1S/C14H18BrNO/c1-13(2,3)16-12(17)10-7-6-9(15)8-11(10)14(16,4)5/h6-8H,1-5H3. The molecule has 1 aliphatic rings. The van der Waals surface area contributed by atoms with E-state index in [0.717, 1.165) is 15.6 Å². The second kappa shape index (κ2) is 3.58. The van der Waals surface area contributed by atoms with Gasteiger partial charge in [0, 0.05) is 15.6 Å². The van der Waals surface area contributed by atoms with Crippen LogP contribution in [0.5, 0.6) is 0 Å². The highest BCUT2D eigenvalue weighted by atomic mass is 79.9. The number of fused-ring (bicyclic) bond motifs is 1. The van der Waals surface area contributed by atoms with E-state index in [1.165, 1.54) is 0 Å². The normalized spacial score (nSPS) is 18.5. The van der Waals surface area contributed by atoms with Crippen LogP contribution in [0.2, 0.25) is 0 Å². The number of halogens is 1. The molecular formula is C14H18BrNO. The zero-order valence-corrected chi connectivity index (χ0v) is 12.6. The minimum absolute atomic E-state index is 0.130. The van der Waals surface area contributed by atoms with Crippen molar-refractivity contribution in [3.63, 3.8) is 0 Å². The Morgan fingerprint density at radius 1 is 1.24 bits per heavy atom. The van der Waals surface area contributed by atoms with Gasteiger partial charge in [0.2, 0.25) is 0 Å². The van der Waals surface area contributed by atoms with Gasteiger partial charge in [-0.2, -0.15) is 0 Å². The number of amides is 1. The van der Waals surface area contributed by atoms with E-state index in [4.69, 9.17) is 0 Å². The molecule has 2 rings (SSSR count). The molecule has 1 heterocycles. The van der Waals surface area contributed by atoms with Crippen LogP contribution in [0.15, 0.2) is 22.7 Å². The minimum atomic E-state index is -0.256. The summed E-state index contributed by atoms with van der Waals surface area (Å²) in [6, 6.07) is 5.90. The fourth-order valence-electron chi connectivity index (χ4n) is 2.85. The molecule has 0 N–H and O–H groups in total. The maximum absolute atomic E-state index is 12.5. The molecule has 1 amide bonds. The number of benzene rings is 1. The Bertz CT molecular complexity index is 485. The maximum atomic E-state index is 12.5. The van der Waals surface area contributed by atoms with Gasteiger partial charge in [0.25, 0.3) is 5.91 Å². The van der Waals surface area contributed by atoms with Crippen molar-refractivity contribution in [2.24, 2.45) is 0 Å². The summed E-state index contributed by atoms with van der Waals surface area (Å²) in [4.78, 5) is 14.5. The van der Waals surface area contributed by atoms with Crippen molar-refractivity contribution in [1.82, 2.24) is 4.90 Å². The predicted octanol–water partition coefficient (Wildman–Crippen LogP) is 3.94. The molecule has 0 saturated carbocycles. The summed E-state index contributed by atoms with van der Waals surface area (Å²) in [6.45, 7) is 10.4. The molecule has 1 aromatic carbocycles. The van der Waals surface area contributed by atoms with E-state index in [0.29, 0.717) is 0 Å². The Kier molecular flexibility index (Phi) is 2.66. The first kappa shape index (κ1) is 12.6. The van der Waals surface area contributed by atoms with Gasteiger partial charge in [-0.1, -0.05) is 15.9 Å². The summed E-state index contributed by atoms with van der Waals surface area (Å²) < 4.78 is 1.02. The third kappa shape index (κ3) is 1.81. The van der Waals surface area contributed by atoms with Crippen molar-refractivity contribution in [3.05, 3.63) is 33.8 Å². The lowest BCUT2D eigenvalue weighted by Gasteiger charge is -2.42. The molecule has 0 atom stereocenters. The summed E-state index contributed by atoms with van der Waals surface area (Å²) in [6.07, 6.45) is 0. The fraction of sp³-hybridized carbons (Fsp3) is 0.500. The predicted molar refractivity (Wildman–Crippen MR) is 73.1 cm³/mol. The van der Waals surface area contributed by atoms with E-state index in [1.807, 2.05) is 17.0 Å². The maximum Gasteiger partial charge on any atom is 0.255 e. The summed E-state index contributed by atoms with van der Waals surface area (Å²) in [5, 5.41) is 0. The summed E-state index contributed by atoms with van der Waals surface area (Å²) >= 11 is 3.48. The van der Waals surface area contributed by atoms with Crippen molar-refractivity contribution < 1.29 is 4.79 Å². The number of nitrogens with zero attached hydrogens (tertiary/aromatic N) is 1. The van der Waals surface area contributed by atoms with Gasteiger partial charge in [-0.25, -0.2) is 0 Å². The lowest BCUT2D eigenvalue weighted by molar-refractivity contribution is 0.0300. The number of carbonyl (C=O) groups is 1. The van der Waals surface area contributed by atoms with Crippen LogP contribution in [0.4, 0.5) is 0 Å². The molecule has 0 aromatic heterocycles. The average Bonchev–Trinajstić information content (AvgIpc) is 2.33. The molecule has 0 unspecified atom stereocenters. The highest BCUT2D eigenvalue weighted by Gasteiger charge is 2.47. The third-order valence-electron chi connectivity index (χ3n) is 3.30. The zero-order valence-electron chi connectivity index (χ0n) is 11.0. The second-order valence-corrected chi connectivity index (χ2v) is 6.98. The molecule has 1 aromatic rings. The Morgan fingerprint density at radius 2 is 1.82 bits per heavy atom. The third-order valence-corrected chi connectivity index (χ3v) is 3.80. The number of carbonyl (C=O) groups excluding carboxylic acids is 1. The first-order valence-corrected chi connectivity index (χ1v) is 6.59. The Hall–Kier alpha value is -0.830. The molecule has 1 aliphatic heterocycles. The molecular weight excluding hydrogens is 278 g/mol. The van der Waals surface area contributed by atoms with Crippen LogP contribution in [0.3, 0.4) is 0 Å². The van der Waals surface area contributed by atoms with Crippen molar-refractivity contribution >= 4 is 21.8 Å². The molecule has 0 spiro atoms. The van der Waals surface area contributed by atoms with Crippen molar-refractivity contribution in [2.45, 2.75) is 45.7 Å². The minimum Gasteiger partial charge on any atom is -0.325 e. The molecule has 0 radical (unpaired) electrons. The number of hydrogen-bond donors (Lipinski definition) is 0. The van der Waals surface area contributed by atoms with E-state index in [2.05, 4.69) is 56.6 Å². The second-order valence-electron chi connectivity index (χ2n) is 6.06. The highest BCUT2D eigenvalue weighted by molar-refractivity contribution is 9.10. The monoisotopic (exact) mass is 295 g/mol. The van der Waals surface area contributed by atoms with Crippen molar-refractivity contribution in [3.8, 4) is 0 Å². The topological polar surface area (TPSA) is 20.3 Å². The van der Waals surface area contributed by atoms with E-state index in [9.17, 15) is 4.79 Å². The van der Waals surface area contributed by atoms with Gasteiger partial charge in [-0.05, 0) is 58.4 Å². The van der Waals surface area contributed by atoms with Crippen molar-refractivity contribution in [1.29, 1.82) is 0 Å². The Morgan fingerprint density at radius 3 is 2.35 bits per heavy atom. The van der Waals surface area contributed by atoms with Gasteiger partial charge in [0.05, 0.1) is 5.54 Å². The van der Waals surface area contributed by atoms with Crippen LogP contribution in [0, 0.1) is 0 Å². The Balaban J connectivity index is 2.65. The fourth-order valence-corrected chi connectivity index (χ4v) is 3.21. The summed E-state index contributed by atoms with van der Waals surface area (Å²) in [5.74, 6) is 0.130. The van der Waals surface area contributed by atoms with Gasteiger partial charge in [-0.3, -0.25) is 4.79 Å². The van der Waals surface area contributed by atoms with E-state index in [1.54, 1.807) is 0 Å². The van der Waals surface area contributed by atoms with E-state index < -0.39 is 0 Å². The van der Waals surface area contributed by atoms with Crippen LogP contribution in [0.25, 0.3) is 0 Å². The van der Waals surface area contributed by atoms with E-state index in [-0.39, 0.29) is 17.0 Å². The molecule has 0 bridgehead atoms. The van der Waals surface area contributed by atoms with Crippen LogP contribution >= 0.6 is 15.9 Å². The van der Waals surface area contributed by atoms with Gasteiger partial charge < -0.3 is 4.90 Å². The van der Waals surface area contributed by atoms with Gasteiger partial charge >= 0.3 is 0 Å². The molecule has 0 saturated heterocycles. The van der Waals surface area contributed by atoms with Crippen LogP contribution in [-0.4, -0.2) is 16.3 Å². The first-order chi connectivity index (χ1) is 7.65. The SMILES string of the molecule is CC(C)(C)N1C(=O)c2ccc(Br)cc2C1(C)C. The lowest BCUT2D eigenvalue weighted by atomic mass is 9.91. The zero-order chi connectivity index (χ0) is 13.0. The van der Waals surface area contributed by atoms with E-state index >= 15 is 0 Å². The molecule has 0 fully saturated rings. The highest BCUT2D eigenvalue weighted by Crippen LogP contribution is 2.43. The lowest BCUT2D eigenvalue weighted by Crippen LogP contribution is -2.50. The molecule has 2 nitrogen and oxygen atoms in total. The van der Waals surface area contributed by atoms with Crippen LogP contribution in [-0.2, 0) is 5.54 Å². The molecule has 17 heavy (non-hydrogen) atoms. The van der Waals surface area contributed by atoms with Crippen LogP contribution < -0.4 is 0 Å². The average molecular weight is 296 g/mol. The first-order valence-electron chi connectivity index (χ1n) is 5.80. The Labute approximate surface area is 111 Å². The molecule has 3 heteroatoms. The van der Waals surface area contributed by atoms with Gasteiger partial charge in [-0.15, -0.1) is 0 Å².